The van der Waals surface area contributed by atoms with E-state index in [0.29, 0.717) is 31.8 Å². The molecule has 3 aromatic rings. The summed E-state index contributed by atoms with van der Waals surface area (Å²) in [4.78, 5) is 33.9. The Hall–Kier alpha value is -3.45. The summed E-state index contributed by atoms with van der Waals surface area (Å²) in [6, 6.07) is 17.9. The van der Waals surface area contributed by atoms with Crippen molar-refractivity contribution in [2.75, 3.05) is 26.2 Å². The van der Waals surface area contributed by atoms with E-state index in [0.717, 1.165) is 41.4 Å². The summed E-state index contributed by atoms with van der Waals surface area (Å²) in [5.41, 5.74) is 10.6. The second-order valence-electron chi connectivity index (χ2n) is 9.75. The number of benzene rings is 2. The van der Waals surface area contributed by atoms with Crippen LogP contribution < -0.4 is 5.73 Å². The maximum Gasteiger partial charge on any atom is 0.410 e. The van der Waals surface area contributed by atoms with Crippen molar-refractivity contribution in [3.05, 3.63) is 65.7 Å². The molecule has 2 amide bonds. The fraction of sp³-hybridized carbons (Fsp3) is 0.393. The molecule has 2 N–H and O–H groups in total. The van der Waals surface area contributed by atoms with Crippen molar-refractivity contribution in [2.24, 2.45) is 5.73 Å². The van der Waals surface area contributed by atoms with Gasteiger partial charge < -0.3 is 20.3 Å². The highest BCUT2D eigenvalue weighted by atomic mass is 16.6. The second-order valence-corrected chi connectivity index (χ2v) is 9.75. The summed E-state index contributed by atoms with van der Waals surface area (Å²) in [6.07, 6.45) is 2.55. The normalized spacial score (nSPS) is 19.0. The molecule has 7 heteroatoms. The van der Waals surface area contributed by atoms with Gasteiger partial charge in [0.1, 0.15) is 0 Å². The lowest BCUT2D eigenvalue weighted by atomic mass is 10.0. The minimum Gasteiger partial charge on any atom is -0.449 e. The van der Waals surface area contributed by atoms with Crippen LogP contribution in [0.15, 0.2) is 54.6 Å². The highest BCUT2D eigenvalue weighted by Gasteiger charge is 2.39. The third kappa shape index (κ3) is 4.73. The monoisotopic (exact) mass is 472 g/mol. The predicted molar refractivity (Wildman–Crippen MR) is 136 cm³/mol. The zero-order valence-electron chi connectivity index (χ0n) is 20.4. The van der Waals surface area contributed by atoms with Crippen LogP contribution in [0.5, 0.6) is 0 Å². The topological polar surface area (TPSA) is 88.8 Å². The Morgan fingerprint density at radius 3 is 2.51 bits per heavy atom. The lowest BCUT2D eigenvalue weighted by molar-refractivity contribution is 0.0412. The van der Waals surface area contributed by atoms with Gasteiger partial charge in [0.2, 0.25) is 0 Å². The number of hydrogen-bond acceptors (Lipinski definition) is 5. The number of hydrogen-bond donors (Lipinski definition) is 1. The molecule has 2 fully saturated rings. The minimum atomic E-state index is -0.305. The van der Waals surface area contributed by atoms with E-state index in [1.165, 1.54) is 5.56 Å². The number of carbonyl (C=O) groups is 2. The summed E-state index contributed by atoms with van der Waals surface area (Å²) in [6.45, 7) is 5.74. The first-order valence-corrected chi connectivity index (χ1v) is 12.4. The fourth-order valence-corrected chi connectivity index (χ4v) is 4.68. The molecule has 1 saturated heterocycles. The molecule has 1 atom stereocenters. The van der Waals surface area contributed by atoms with Gasteiger partial charge in [-0.25, -0.2) is 9.78 Å². The third-order valence-electron chi connectivity index (χ3n) is 7.06. The number of rotatable bonds is 5. The van der Waals surface area contributed by atoms with Crippen LogP contribution in [0.3, 0.4) is 0 Å². The molecule has 0 spiro atoms. The van der Waals surface area contributed by atoms with E-state index >= 15 is 0 Å². The molecule has 0 radical (unpaired) electrons. The summed E-state index contributed by atoms with van der Waals surface area (Å²) in [5, 5.41) is 0.984. The average Bonchev–Trinajstić information content (AvgIpc) is 3.64. The minimum absolute atomic E-state index is 0.0467. The Morgan fingerprint density at radius 1 is 1.09 bits per heavy atom. The number of carbonyl (C=O) groups excluding carboxylic acids is 2. The summed E-state index contributed by atoms with van der Waals surface area (Å²) < 4.78 is 5.27. The molecule has 1 aliphatic heterocycles. The van der Waals surface area contributed by atoms with Crippen LogP contribution in [0.4, 0.5) is 4.79 Å². The molecule has 0 unspecified atom stereocenters. The summed E-state index contributed by atoms with van der Waals surface area (Å²) in [5.74, 6) is -0.0467. The fourth-order valence-electron chi connectivity index (χ4n) is 4.68. The van der Waals surface area contributed by atoms with Crippen molar-refractivity contribution in [2.45, 2.75) is 44.7 Å². The SMILES string of the molecule is CCCOC(=O)N1CCN(C(=O)c2ccc3ccc(-c4ccc(C5(N)CC5)cc4)nc3c2)C[C@H]1C. The Labute approximate surface area is 205 Å². The van der Waals surface area contributed by atoms with Crippen molar-refractivity contribution < 1.29 is 14.3 Å². The highest BCUT2D eigenvalue weighted by molar-refractivity contribution is 5.98. The summed E-state index contributed by atoms with van der Waals surface area (Å²) in [7, 11) is 0. The maximum atomic E-state index is 13.3. The maximum absolute atomic E-state index is 13.3. The quantitative estimate of drug-likeness (QED) is 0.589. The molecule has 1 aliphatic carbocycles. The standard InChI is InChI=1S/C28H32N4O3/c1-3-16-35-27(34)32-15-14-31(18-19(32)2)26(33)22-5-4-21-8-11-24(30-25(21)17-22)20-6-9-23(10-7-20)28(29)12-13-28/h4-11,17,19H,3,12-16,18,29H2,1-2H3/t19-/m1/s1. The van der Waals surface area contributed by atoms with Gasteiger partial charge in [0, 0.05) is 47.7 Å². The predicted octanol–water partition coefficient (Wildman–Crippen LogP) is 4.54. The molecular weight excluding hydrogens is 440 g/mol. The van der Waals surface area contributed by atoms with Crippen molar-refractivity contribution >= 4 is 22.9 Å². The van der Waals surface area contributed by atoms with Crippen molar-refractivity contribution in [3.8, 4) is 11.3 Å². The number of piperazine rings is 1. The molecule has 7 nitrogen and oxygen atoms in total. The van der Waals surface area contributed by atoms with Gasteiger partial charge in [-0.3, -0.25) is 4.79 Å². The number of nitrogens with zero attached hydrogens (tertiary/aromatic N) is 3. The van der Waals surface area contributed by atoms with Gasteiger partial charge >= 0.3 is 6.09 Å². The van der Waals surface area contributed by atoms with E-state index in [1.807, 2.05) is 44.2 Å². The van der Waals surface area contributed by atoms with E-state index in [9.17, 15) is 9.59 Å². The molecule has 0 bridgehead atoms. The zero-order valence-corrected chi connectivity index (χ0v) is 20.4. The van der Waals surface area contributed by atoms with Crippen LogP contribution >= 0.6 is 0 Å². The van der Waals surface area contributed by atoms with Gasteiger partial charge in [0.05, 0.1) is 17.8 Å². The third-order valence-corrected chi connectivity index (χ3v) is 7.06. The van der Waals surface area contributed by atoms with E-state index in [1.54, 1.807) is 9.80 Å². The largest absolute Gasteiger partial charge is 0.449 e. The number of amides is 2. The smallest absolute Gasteiger partial charge is 0.410 e. The highest BCUT2D eigenvalue weighted by Crippen LogP contribution is 2.42. The van der Waals surface area contributed by atoms with Crippen molar-refractivity contribution in [1.29, 1.82) is 0 Å². The number of nitrogens with two attached hydrogens (primary N) is 1. The second kappa shape index (κ2) is 9.30. The van der Waals surface area contributed by atoms with Crippen molar-refractivity contribution in [1.82, 2.24) is 14.8 Å². The summed E-state index contributed by atoms with van der Waals surface area (Å²) >= 11 is 0. The zero-order chi connectivity index (χ0) is 24.6. The lowest BCUT2D eigenvalue weighted by Crippen LogP contribution is -2.55. The molecule has 182 valence electrons. The molecule has 1 saturated carbocycles. The van der Waals surface area contributed by atoms with Crippen molar-refractivity contribution in [3.63, 3.8) is 0 Å². The van der Waals surface area contributed by atoms with Crippen LogP contribution in [0, 0.1) is 0 Å². The van der Waals surface area contributed by atoms with Gasteiger partial charge in [-0.05, 0) is 49.9 Å². The Bertz CT molecular complexity index is 1250. The molecular formula is C28H32N4O3. The molecule has 2 aliphatic rings. The van der Waals surface area contributed by atoms with Gasteiger partial charge in [-0.1, -0.05) is 43.3 Å². The van der Waals surface area contributed by atoms with Gasteiger partial charge in [0.25, 0.3) is 5.91 Å². The Morgan fingerprint density at radius 2 is 1.83 bits per heavy atom. The number of pyridine rings is 1. The first kappa shape index (κ1) is 23.3. The van der Waals surface area contributed by atoms with Crippen LogP contribution in [-0.4, -0.2) is 59.1 Å². The van der Waals surface area contributed by atoms with Crippen LogP contribution in [0.2, 0.25) is 0 Å². The first-order chi connectivity index (χ1) is 16.9. The van der Waals surface area contributed by atoms with Gasteiger partial charge in [0.15, 0.2) is 0 Å². The van der Waals surface area contributed by atoms with Gasteiger partial charge in [-0.2, -0.15) is 0 Å². The lowest BCUT2D eigenvalue weighted by Gasteiger charge is -2.39. The van der Waals surface area contributed by atoms with Crippen LogP contribution in [0.25, 0.3) is 22.2 Å². The number of fused-ring (bicyclic) bond motifs is 1. The number of aromatic nitrogens is 1. The van der Waals surface area contributed by atoms with Crippen LogP contribution in [0.1, 0.15) is 49.0 Å². The van der Waals surface area contributed by atoms with Crippen LogP contribution in [-0.2, 0) is 10.3 Å². The molecule has 5 rings (SSSR count). The van der Waals surface area contributed by atoms with Gasteiger partial charge in [-0.15, -0.1) is 0 Å². The van der Waals surface area contributed by atoms with E-state index < -0.39 is 0 Å². The molecule has 35 heavy (non-hydrogen) atoms. The van der Waals surface area contributed by atoms with E-state index in [-0.39, 0.29) is 23.6 Å². The van der Waals surface area contributed by atoms with E-state index in [2.05, 4.69) is 24.3 Å². The first-order valence-electron chi connectivity index (χ1n) is 12.4. The van der Waals surface area contributed by atoms with E-state index in [4.69, 9.17) is 15.5 Å². The Balaban J connectivity index is 1.32. The molecule has 2 aromatic carbocycles. The number of ether oxygens (including phenoxy) is 1. The Kier molecular flexibility index (Phi) is 6.19. The molecule has 1 aromatic heterocycles. The molecule has 2 heterocycles. The average molecular weight is 473 g/mol.